The summed E-state index contributed by atoms with van der Waals surface area (Å²) < 4.78 is 92.9. The van der Waals surface area contributed by atoms with E-state index in [4.69, 9.17) is 13.7 Å². The van der Waals surface area contributed by atoms with Gasteiger partial charge in [0, 0.05) is 16.2 Å². The van der Waals surface area contributed by atoms with Crippen LogP contribution in [0.15, 0.2) is 142 Å². The van der Waals surface area contributed by atoms with E-state index >= 15 is 0 Å². The van der Waals surface area contributed by atoms with E-state index in [1.165, 1.54) is 18.2 Å². The summed E-state index contributed by atoms with van der Waals surface area (Å²) in [7, 11) is -12.4. The van der Waals surface area contributed by atoms with Crippen LogP contribution in [-0.2, 0) is 30.4 Å². The Kier molecular flexibility index (Phi) is 9.06. The molecule has 0 spiro atoms. The highest BCUT2D eigenvalue weighted by atomic mass is 32.2. The van der Waals surface area contributed by atoms with E-state index in [0.29, 0.717) is 16.2 Å². The highest BCUT2D eigenvalue weighted by Gasteiger charge is 2.14. The molecule has 0 aromatic heterocycles. The molecule has 0 saturated carbocycles. The second kappa shape index (κ2) is 12.4. The molecule has 3 N–H and O–H groups in total. The molecule has 0 saturated heterocycles. The molecule has 0 unspecified atom stereocenters. The Morgan fingerprint density at radius 3 is 0.762 bits per heavy atom. The standard InChI is InChI=1S/3C10H8O3S/c3*11-14(12,13)10-7-3-5-8-4-1-2-6-9(8)10/h3*1-7H,(H,11,12,13). The second-order valence-electron chi connectivity index (χ2n) is 8.86. The molecule has 9 nitrogen and oxygen atoms in total. The van der Waals surface area contributed by atoms with Gasteiger partial charge in [0.25, 0.3) is 30.4 Å². The SMILES string of the molecule is O=S(=O)(O)c1cccc2ccccc12.O=S(=O)(O)c1cccc2ccccc12.O=S(=O)(O)c1cccc2ccccc12. The van der Waals surface area contributed by atoms with Crippen LogP contribution in [0.25, 0.3) is 32.3 Å². The summed E-state index contributed by atoms with van der Waals surface area (Å²) in [5, 5.41) is 4.00. The van der Waals surface area contributed by atoms with Crippen LogP contribution < -0.4 is 0 Å². The van der Waals surface area contributed by atoms with Crippen molar-refractivity contribution in [3.05, 3.63) is 127 Å². The topological polar surface area (TPSA) is 163 Å². The minimum atomic E-state index is -4.13. The third-order valence-corrected chi connectivity index (χ3v) is 8.82. The summed E-state index contributed by atoms with van der Waals surface area (Å²) in [6.07, 6.45) is 0. The van der Waals surface area contributed by atoms with Gasteiger partial charge in [0.15, 0.2) is 0 Å². The molecule has 0 radical (unpaired) electrons. The summed E-state index contributed by atoms with van der Waals surface area (Å²) in [6, 6.07) is 35.4. The van der Waals surface area contributed by atoms with Gasteiger partial charge in [0.1, 0.15) is 14.7 Å². The van der Waals surface area contributed by atoms with E-state index < -0.39 is 30.4 Å². The second-order valence-corrected chi connectivity index (χ2v) is 13.0. The Labute approximate surface area is 242 Å². The summed E-state index contributed by atoms with van der Waals surface area (Å²) in [5.41, 5.74) is 0. The van der Waals surface area contributed by atoms with Crippen molar-refractivity contribution in [2.45, 2.75) is 14.7 Å². The average molecular weight is 625 g/mol. The zero-order valence-electron chi connectivity index (χ0n) is 21.6. The van der Waals surface area contributed by atoms with Gasteiger partial charge in [-0.2, -0.15) is 25.3 Å². The average Bonchev–Trinajstić information content (AvgIpc) is 2.95. The lowest BCUT2D eigenvalue weighted by molar-refractivity contribution is 0.482. The predicted molar refractivity (Wildman–Crippen MR) is 161 cm³/mol. The molecule has 0 aliphatic carbocycles. The van der Waals surface area contributed by atoms with E-state index in [1.807, 2.05) is 18.2 Å². The lowest BCUT2D eigenvalue weighted by atomic mass is 10.1. The molecule has 0 bridgehead atoms. The smallest absolute Gasteiger partial charge is 0.282 e. The van der Waals surface area contributed by atoms with E-state index in [0.717, 1.165) is 16.2 Å². The first-order valence-corrected chi connectivity index (χ1v) is 16.4. The lowest BCUT2D eigenvalue weighted by Crippen LogP contribution is -1.98. The number of fused-ring (bicyclic) bond motifs is 3. The molecule has 0 aliphatic heterocycles. The highest BCUT2D eigenvalue weighted by Crippen LogP contribution is 2.24. The normalized spacial score (nSPS) is 11.8. The van der Waals surface area contributed by atoms with Crippen molar-refractivity contribution in [2.24, 2.45) is 0 Å². The summed E-state index contributed by atoms with van der Waals surface area (Å²) in [4.78, 5) is -0.137. The first-order chi connectivity index (χ1) is 19.8. The maximum absolute atomic E-state index is 11.0. The van der Waals surface area contributed by atoms with Crippen LogP contribution in [0.2, 0.25) is 0 Å². The molecular weight excluding hydrogens is 601 g/mol. The van der Waals surface area contributed by atoms with Crippen molar-refractivity contribution < 1.29 is 38.9 Å². The molecule has 6 aromatic rings. The first kappa shape index (κ1) is 30.8. The quantitative estimate of drug-likeness (QED) is 0.193. The number of benzene rings is 6. The first-order valence-electron chi connectivity index (χ1n) is 12.1. The van der Waals surface area contributed by atoms with Gasteiger partial charge in [-0.1, -0.05) is 109 Å². The largest absolute Gasteiger partial charge is 0.295 e. The molecule has 0 aliphatic rings. The van der Waals surface area contributed by atoms with Gasteiger partial charge >= 0.3 is 0 Å². The minimum Gasteiger partial charge on any atom is -0.282 e. The van der Waals surface area contributed by atoms with Crippen molar-refractivity contribution in [1.29, 1.82) is 0 Å². The summed E-state index contributed by atoms with van der Waals surface area (Å²) in [5.74, 6) is 0. The molecule has 0 atom stereocenters. The molecule has 216 valence electrons. The van der Waals surface area contributed by atoms with Gasteiger partial charge in [-0.15, -0.1) is 0 Å². The highest BCUT2D eigenvalue weighted by molar-refractivity contribution is 7.86. The zero-order valence-corrected chi connectivity index (χ0v) is 24.1. The van der Waals surface area contributed by atoms with E-state index in [9.17, 15) is 25.3 Å². The monoisotopic (exact) mass is 624 g/mol. The lowest BCUT2D eigenvalue weighted by Gasteiger charge is -2.02. The molecule has 0 amide bonds. The maximum atomic E-state index is 11.0. The van der Waals surface area contributed by atoms with Crippen LogP contribution in [0.4, 0.5) is 0 Å². The van der Waals surface area contributed by atoms with E-state index in [-0.39, 0.29) is 14.7 Å². The molecule has 0 heterocycles. The fourth-order valence-electron chi connectivity index (χ4n) is 4.26. The van der Waals surface area contributed by atoms with Crippen LogP contribution in [0.5, 0.6) is 0 Å². The number of hydrogen-bond acceptors (Lipinski definition) is 6. The Bertz CT molecular complexity index is 1960. The number of rotatable bonds is 3. The van der Waals surface area contributed by atoms with Gasteiger partial charge in [-0.3, -0.25) is 13.7 Å². The van der Waals surface area contributed by atoms with Crippen LogP contribution >= 0.6 is 0 Å². The summed E-state index contributed by atoms with van der Waals surface area (Å²) in [6.45, 7) is 0. The predicted octanol–water partition coefficient (Wildman–Crippen LogP) is 6.26. The Morgan fingerprint density at radius 2 is 0.524 bits per heavy atom. The maximum Gasteiger partial charge on any atom is 0.295 e. The van der Waals surface area contributed by atoms with Crippen LogP contribution in [0.3, 0.4) is 0 Å². The Morgan fingerprint density at radius 1 is 0.310 bits per heavy atom. The van der Waals surface area contributed by atoms with Crippen molar-refractivity contribution in [1.82, 2.24) is 0 Å². The molecule has 6 rings (SSSR count). The van der Waals surface area contributed by atoms with E-state index in [2.05, 4.69) is 0 Å². The Balaban J connectivity index is 0.000000145. The zero-order chi connectivity index (χ0) is 30.5. The van der Waals surface area contributed by atoms with Crippen molar-refractivity contribution >= 4 is 62.7 Å². The fraction of sp³-hybridized carbons (Fsp3) is 0. The van der Waals surface area contributed by atoms with Crippen LogP contribution in [-0.4, -0.2) is 38.9 Å². The fourth-order valence-corrected chi connectivity index (χ4v) is 6.40. The molecule has 42 heavy (non-hydrogen) atoms. The molecule has 6 aromatic carbocycles. The van der Waals surface area contributed by atoms with Gasteiger partial charge in [-0.25, -0.2) is 0 Å². The van der Waals surface area contributed by atoms with Crippen molar-refractivity contribution in [3.8, 4) is 0 Å². The third kappa shape index (κ3) is 7.36. The number of hydrogen-bond donors (Lipinski definition) is 3. The Hall–Kier alpha value is -4.17. The third-order valence-electron chi connectivity index (χ3n) is 6.08. The molecule has 0 fully saturated rings. The summed E-state index contributed by atoms with van der Waals surface area (Å²) >= 11 is 0. The van der Waals surface area contributed by atoms with Gasteiger partial charge < -0.3 is 0 Å². The van der Waals surface area contributed by atoms with Gasteiger partial charge in [-0.05, 0) is 34.4 Å². The van der Waals surface area contributed by atoms with E-state index in [1.54, 1.807) is 91.0 Å². The molecule has 12 heteroatoms. The van der Waals surface area contributed by atoms with Crippen LogP contribution in [0, 0.1) is 0 Å². The van der Waals surface area contributed by atoms with Crippen molar-refractivity contribution in [2.75, 3.05) is 0 Å². The minimum absolute atomic E-state index is 0.0457. The van der Waals surface area contributed by atoms with Crippen LogP contribution in [0.1, 0.15) is 0 Å². The van der Waals surface area contributed by atoms with Gasteiger partial charge in [0.05, 0.1) is 0 Å². The molecular formula is C30H24O9S3. The van der Waals surface area contributed by atoms with Crippen molar-refractivity contribution in [3.63, 3.8) is 0 Å². The van der Waals surface area contributed by atoms with Gasteiger partial charge in [0.2, 0.25) is 0 Å².